The van der Waals surface area contributed by atoms with Gasteiger partial charge in [0.2, 0.25) is 15.9 Å². The van der Waals surface area contributed by atoms with Gasteiger partial charge in [-0.1, -0.05) is 19.3 Å². The first-order valence-corrected chi connectivity index (χ1v) is 11.5. The van der Waals surface area contributed by atoms with E-state index in [0.717, 1.165) is 18.8 Å². The Balaban J connectivity index is 1.43. The van der Waals surface area contributed by atoms with Crippen molar-refractivity contribution in [2.75, 3.05) is 31.9 Å². The van der Waals surface area contributed by atoms with Crippen molar-refractivity contribution in [3.8, 4) is 0 Å². The summed E-state index contributed by atoms with van der Waals surface area (Å²) < 4.78 is 26.9. The van der Waals surface area contributed by atoms with Gasteiger partial charge in [0.25, 0.3) is 0 Å². The first-order valence-electron chi connectivity index (χ1n) is 9.89. The van der Waals surface area contributed by atoms with Crippen LogP contribution in [0.4, 0.5) is 0 Å². The number of aliphatic hydroxyl groups excluding tert-OH is 1. The van der Waals surface area contributed by atoms with Crippen LogP contribution < -0.4 is 0 Å². The van der Waals surface area contributed by atoms with Crippen LogP contribution in [0, 0.1) is 11.8 Å². The molecule has 1 amide bonds. The van der Waals surface area contributed by atoms with Gasteiger partial charge in [-0.2, -0.15) is 0 Å². The number of carbonyl (C=O) groups excluding carboxylic acids is 1. The van der Waals surface area contributed by atoms with Crippen LogP contribution in [0.15, 0.2) is 0 Å². The summed E-state index contributed by atoms with van der Waals surface area (Å²) in [6.45, 7) is 2.51. The predicted octanol–water partition coefficient (Wildman–Crippen LogP) is 1.59. The number of aliphatic hydroxyl groups is 1. The van der Waals surface area contributed by atoms with Gasteiger partial charge in [0.05, 0.1) is 11.9 Å². The molecule has 0 aromatic heterocycles. The molecule has 2 atom stereocenters. The van der Waals surface area contributed by atoms with E-state index in [1.165, 1.54) is 19.3 Å². The van der Waals surface area contributed by atoms with E-state index >= 15 is 0 Å². The Labute approximate surface area is 151 Å². The molecule has 0 radical (unpaired) electrons. The van der Waals surface area contributed by atoms with Gasteiger partial charge in [-0.15, -0.1) is 0 Å². The summed E-state index contributed by atoms with van der Waals surface area (Å²) in [5, 5.41) is 9.50. The third-order valence-corrected chi connectivity index (χ3v) is 8.18. The minimum atomic E-state index is -3.25. The highest BCUT2D eigenvalue weighted by atomic mass is 32.2. The van der Waals surface area contributed by atoms with Crippen molar-refractivity contribution in [3.63, 3.8) is 0 Å². The monoisotopic (exact) mass is 372 g/mol. The van der Waals surface area contributed by atoms with Crippen molar-refractivity contribution in [1.29, 1.82) is 0 Å². The average Bonchev–Trinajstić information content (AvgIpc) is 2.61. The normalized spacial score (nSPS) is 29.4. The number of nitrogens with zero attached hydrogens (tertiary/aromatic N) is 2. The van der Waals surface area contributed by atoms with Crippen LogP contribution in [0.3, 0.4) is 0 Å². The fourth-order valence-electron chi connectivity index (χ4n) is 4.63. The van der Waals surface area contributed by atoms with Crippen molar-refractivity contribution in [2.45, 2.75) is 63.9 Å². The summed E-state index contributed by atoms with van der Waals surface area (Å²) >= 11 is 0. The molecule has 7 heteroatoms. The van der Waals surface area contributed by atoms with E-state index in [1.807, 2.05) is 0 Å². The molecule has 1 N–H and O–H groups in total. The van der Waals surface area contributed by atoms with E-state index < -0.39 is 10.0 Å². The molecule has 2 heterocycles. The molecule has 6 nitrogen and oxygen atoms in total. The number of sulfonamides is 1. The summed E-state index contributed by atoms with van der Waals surface area (Å²) in [5.74, 6) is 1.36. The lowest BCUT2D eigenvalue weighted by atomic mass is 9.76. The van der Waals surface area contributed by atoms with Gasteiger partial charge >= 0.3 is 0 Å². The molecule has 2 unspecified atom stereocenters. The minimum Gasteiger partial charge on any atom is -0.393 e. The highest BCUT2D eigenvalue weighted by Gasteiger charge is 2.35. The highest BCUT2D eigenvalue weighted by Crippen LogP contribution is 2.36. The number of likely N-dealkylation sites (tertiary alicyclic amines) is 1. The van der Waals surface area contributed by atoms with Gasteiger partial charge in [-0.05, 0) is 43.9 Å². The first kappa shape index (κ1) is 19.1. The number of carbonyl (C=O) groups is 1. The first-order chi connectivity index (χ1) is 12.0. The Hall–Kier alpha value is -0.660. The summed E-state index contributed by atoms with van der Waals surface area (Å²) in [6.07, 6.45) is 7.58. The fraction of sp³-hybridized carbons (Fsp3) is 0.944. The Morgan fingerprint density at radius 3 is 2.36 bits per heavy atom. The predicted molar refractivity (Wildman–Crippen MR) is 96.5 cm³/mol. The van der Waals surface area contributed by atoms with Gasteiger partial charge in [0, 0.05) is 32.6 Å². The van der Waals surface area contributed by atoms with Crippen molar-refractivity contribution in [3.05, 3.63) is 0 Å². The van der Waals surface area contributed by atoms with Crippen LogP contribution in [-0.2, 0) is 14.8 Å². The van der Waals surface area contributed by atoms with Crippen LogP contribution in [0.25, 0.3) is 0 Å². The van der Waals surface area contributed by atoms with Gasteiger partial charge in [0.1, 0.15) is 0 Å². The largest absolute Gasteiger partial charge is 0.393 e. The number of piperidine rings is 2. The van der Waals surface area contributed by atoms with E-state index in [-0.39, 0.29) is 24.2 Å². The molecular weight excluding hydrogens is 340 g/mol. The highest BCUT2D eigenvalue weighted by molar-refractivity contribution is 7.89. The maximum absolute atomic E-state index is 12.6. The SMILES string of the molecule is O=C(CCCS(=O)(=O)N1CCC2CCCCC2C1)N1CCC(O)CC1. The van der Waals surface area contributed by atoms with E-state index in [2.05, 4.69) is 0 Å². The topological polar surface area (TPSA) is 77.9 Å². The second-order valence-corrected chi connectivity index (χ2v) is 10.1. The molecule has 1 saturated carbocycles. The maximum atomic E-state index is 12.6. The fourth-order valence-corrected chi connectivity index (χ4v) is 6.20. The summed E-state index contributed by atoms with van der Waals surface area (Å²) in [5.41, 5.74) is 0. The Morgan fingerprint density at radius 2 is 1.64 bits per heavy atom. The molecule has 0 aromatic rings. The molecule has 1 aliphatic carbocycles. The number of hydrogen-bond acceptors (Lipinski definition) is 4. The summed E-state index contributed by atoms with van der Waals surface area (Å²) in [4.78, 5) is 13.9. The zero-order chi connectivity index (χ0) is 17.9. The second kappa shape index (κ2) is 8.35. The van der Waals surface area contributed by atoms with Crippen LogP contribution in [0.2, 0.25) is 0 Å². The smallest absolute Gasteiger partial charge is 0.222 e. The third-order valence-electron chi connectivity index (χ3n) is 6.26. The average molecular weight is 373 g/mol. The quantitative estimate of drug-likeness (QED) is 0.795. The van der Waals surface area contributed by atoms with Crippen molar-refractivity contribution in [1.82, 2.24) is 9.21 Å². The summed E-state index contributed by atoms with van der Waals surface area (Å²) in [6, 6.07) is 0. The Morgan fingerprint density at radius 1 is 0.960 bits per heavy atom. The van der Waals surface area contributed by atoms with Crippen LogP contribution in [-0.4, -0.2) is 66.7 Å². The summed E-state index contributed by atoms with van der Waals surface area (Å²) in [7, 11) is -3.25. The van der Waals surface area contributed by atoms with E-state index in [4.69, 9.17) is 0 Å². The number of hydrogen-bond donors (Lipinski definition) is 1. The van der Waals surface area contributed by atoms with E-state index in [9.17, 15) is 18.3 Å². The van der Waals surface area contributed by atoms with Crippen LogP contribution in [0.1, 0.15) is 57.8 Å². The molecular formula is C18H32N2O4S. The molecule has 3 fully saturated rings. The molecule has 0 aromatic carbocycles. The standard InChI is InChI=1S/C18H32N2O4S/c21-17-8-10-19(11-9-17)18(22)6-3-13-25(23,24)20-12-7-15-4-1-2-5-16(15)14-20/h15-17,21H,1-14H2. The molecule has 25 heavy (non-hydrogen) atoms. The lowest BCUT2D eigenvalue weighted by Gasteiger charge is -2.40. The maximum Gasteiger partial charge on any atom is 0.222 e. The van der Waals surface area contributed by atoms with Gasteiger partial charge < -0.3 is 10.0 Å². The second-order valence-electron chi connectivity index (χ2n) is 7.98. The van der Waals surface area contributed by atoms with E-state index in [1.54, 1.807) is 9.21 Å². The number of fused-ring (bicyclic) bond motifs is 1. The van der Waals surface area contributed by atoms with Crippen molar-refractivity contribution < 1.29 is 18.3 Å². The molecule has 3 aliphatic rings. The Bertz CT molecular complexity index is 557. The minimum absolute atomic E-state index is 0.0214. The van der Waals surface area contributed by atoms with Gasteiger partial charge in [-0.25, -0.2) is 12.7 Å². The number of rotatable bonds is 5. The Kier molecular flexibility index (Phi) is 6.39. The molecule has 144 valence electrons. The third kappa shape index (κ3) is 4.95. The molecule has 0 spiro atoms. The molecule has 3 rings (SSSR count). The van der Waals surface area contributed by atoms with Crippen LogP contribution in [0.5, 0.6) is 0 Å². The van der Waals surface area contributed by atoms with E-state index in [0.29, 0.717) is 51.4 Å². The van der Waals surface area contributed by atoms with Crippen molar-refractivity contribution >= 4 is 15.9 Å². The lowest BCUT2D eigenvalue weighted by molar-refractivity contribution is -0.133. The lowest BCUT2D eigenvalue weighted by Crippen LogP contribution is -2.45. The molecule has 0 bridgehead atoms. The van der Waals surface area contributed by atoms with Gasteiger partial charge in [0.15, 0.2) is 0 Å². The zero-order valence-corrected chi connectivity index (χ0v) is 15.9. The van der Waals surface area contributed by atoms with Gasteiger partial charge in [-0.3, -0.25) is 4.79 Å². The zero-order valence-electron chi connectivity index (χ0n) is 15.1. The van der Waals surface area contributed by atoms with Crippen LogP contribution >= 0.6 is 0 Å². The number of amides is 1. The molecule has 2 saturated heterocycles. The molecule has 2 aliphatic heterocycles. The van der Waals surface area contributed by atoms with Crippen molar-refractivity contribution in [2.24, 2.45) is 11.8 Å².